The minimum absolute atomic E-state index is 0. The third kappa shape index (κ3) is 3.78. The van der Waals surface area contributed by atoms with E-state index in [9.17, 15) is 0 Å². The Morgan fingerprint density at radius 1 is 1.07 bits per heavy atom. The molecule has 0 N–H and O–H groups in total. The fourth-order valence-corrected chi connectivity index (χ4v) is 6.02. The van der Waals surface area contributed by atoms with Crippen molar-refractivity contribution in [3.63, 3.8) is 0 Å². The van der Waals surface area contributed by atoms with Crippen LogP contribution in [0.5, 0.6) is 0 Å². The lowest BCUT2D eigenvalue weighted by molar-refractivity contribution is -0.642. The maximum absolute atomic E-state index is 2.43. The lowest BCUT2D eigenvalue weighted by Crippen LogP contribution is -3.00. The Labute approximate surface area is 193 Å². The SMILES string of the molecule is CCN(CC)c1ccc2c(c1)S/C(=C\c1sc3ccccc3[n+]1C)N2CC.[I-]. The van der Waals surface area contributed by atoms with E-state index in [1.165, 1.54) is 36.5 Å². The van der Waals surface area contributed by atoms with E-state index in [0.29, 0.717) is 0 Å². The van der Waals surface area contributed by atoms with Crippen LogP contribution < -0.4 is 38.3 Å². The molecule has 0 aliphatic carbocycles. The molecule has 0 unspecified atom stereocenters. The molecule has 0 spiro atoms. The van der Waals surface area contributed by atoms with Crippen molar-refractivity contribution in [3.8, 4) is 0 Å². The van der Waals surface area contributed by atoms with Gasteiger partial charge in [-0.2, -0.15) is 4.57 Å². The number of aromatic nitrogens is 1. The van der Waals surface area contributed by atoms with Gasteiger partial charge in [-0.3, -0.25) is 0 Å². The molecule has 6 heteroatoms. The van der Waals surface area contributed by atoms with Gasteiger partial charge in [0.15, 0.2) is 0 Å². The number of nitrogens with zero attached hydrogens (tertiary/aromatic N) is 3. The van der Waals surface area contributed by atoms with E-state index < -0.39 is 0 Å². The number of para-hydroxylation sites is 1. The Balaban J connectivity index is 0.00000225. The second-order valence-electron chi connectivity index (χ2n) is 6.62. The lowest BCUT2D eigenvalue weighted by Gasteiger charge is -2.22. The molecule has 1 aliphatic rings. The van der Waals surface area contributed by atoms with E-state index >= 15 is 0 Å². The average molecular weight is 524 g/mol. The summed E-state index contributed by atoms with van der Waals surface area (Å²) in [5.74, 6) is 0. The van der Waals surface area contributed by atoms with Crippen molar-refractivity contribution in [2.45, 2.75) is 25.7 Å². The number of aryl methyl sites for hydroxylation is 1. The summed E-state index contributed by atoms with van der Waals surface area (Å²) in [5.41, 5.74) is 3.94. The van der Waals surface area contributed by atoms with Crippen molar-refractivity contribution >= 4 is 50.8 Å². The number of hydrogen-bond acceptors (Lipinski definition) is 4. The van der Waals surface area contributed by atoms with Crippen LogP contribution in [-0.4, -0.2) is 19.6 Å². The standard InChI is InChI=1S/C22H26N3S2.HI/c1-5-24(6-2)16-12-13-18-20(14-16)27-22(25(18)7-3)15-21-23(4)17-10-8-9-11-19(17)26-21;/h8-15H,5-7H2,1-4H3;1H/q+1;/p-1. The molecule has 0 atom stereocenters. The van der Waals surface area contributed by atoms with Gasteiger partial charge in [-0.1, -0.05) is 35.2 Å². The molecule has 28 heavy (non-hydrogen) atoms. The predicted octanol–water partition coefficient (Wildman–Crippen LogP) is 2.51. The molecule has 1 aliphatic heterocycles. The number of anilines is 2. The van der Waals surface area contributed by atoms with Crippen LogP contribution in [0.2, 0.25) is 0 Å². The van der Waals surface area contributed by atoms with Crippen LogP contribution in [0, 0.1) is 0 Å². The molecule has 1 aromatic heterocycles. The van der Waals surface area contributed by atoms with E-state index in [1.807, 2.05) is 23.1 Å². The summed E-state index contributed by atoms with van der Waals surface area (Å²) >= 11 is 3.74. The van der Waals surface area contributed by atoms with Crippen LogP contribution >= 0.6 is 23.1 Å². The molecule has 3 nitrogen and oxygen atoms in total. The zero-order valence-electron chi connectivity index (χ0n) is 16.8. The van der Waals surface area contributed by atoms with Gasteiger partial charge in [-0.05, 0) is 45.0 Å². The normalized spacial score (nSPS) is 14.4. The van der Waals surface area contributed by atoms with Gasteiger partial charge in [-0.15, -0.1) is 0 Å². The lowest BCUT2D eigenvalue weighted by atomic mass is 10.2. The molecule has 4 rings (SSSR count). The van der Waals surface area contributed by atoms with E-state index in [-0.39, 0.29) is 24.0 Å². The van der Waals surface area contributed by atoms with Crippen molar-refractivity contribution in [3.05, 3.63) is 52.5 Å². The van der Waals surface area contributed by atoms with Gasteiger partial charge < -0.3 is 33.8 Å². The van der Waals surface area contributed by atoms with Gasteiger partial charge in [0.2, 0.25) is 5.52 Å². The smallest absolute Gasteiger partial charge is 0.265 e. The second-order valence-corrected chi connectivity index (χ2v) is 8.74. The van der Waals surface area contributed by atoms with Gasteiger partial charge in [0.25, 0.3) is 5.01 Å². The van der Waals surface area contributed by atoms with Crippen molar-refractivity contribution in [2.75, 3.05) is 29.4 Å². The first-order chi connectivity index (χ1) is 13.2. The third-order valence-corrected chi connectivity index (χ3v) is 7.44. The summed E-state index contributed by atoms with van der Waals surface area (Å²) in [4.78, 5) is 6.19. The second kappa shape index (κ2) is 9.05. The van der Waals surface area contributed by atoms with Crippen molar-refractivity contribution < 1.29 is 28.5 Å². The van der Waals surface area contributed by atoms with E-state index in [4.69, 9.17) is 0 Å². The Morgan fingerprint density at radius 3 is 2.50 bits per heavy atom. The Hall–Kier alpha value is -1.25. The van der Waals surface area contributed by atoms with Gasteiger partial charge in [0.1, 0.15) is 11.7 Å². The van der Waals surface area contributed by atoms with Crippen LogP contribution in [0.3, 0.4) is 0 Å². The summed E-state index contributed by atoms with van der Waals surface area (Å²) in [5, 5.41) is 2.60. The van der Waals surface area contributed by atoms with Gasteiger partial charge in [0, 0.05) is 36.3 Å². The van der Waals surface area contributed by atoms with Gasteiger partial charge >= 0.3 is 0 Å². The largest absolute Gasteiger partial charge is 1.00 e. The zero-order chi connectivity index (χ0) is 19.0. The molecular formula is C22H26IN3S2. The summed E-state index contributed by atoms with van der Waals surface area (Å²) in [7, 11) is 2.16. The van der Waals surface area contributed by atoms with Crippen LogP contribution in [0.4, 0.5) is 11.4 Å². The molecule has 0 bridgehead atoms. The van der Waals surface area contributed by atoms with E-state index in [2.05, 4.69) is 90.7 Å². The highest BCUT2D eigenvalue weighted by atomic mass is 127. The minimum atomic E-state index is 0. The van der Waals surface area contributed by atoms with E-state index in [1.54, 1.807) is 0 Å². The van der Waals surface area contributed by atoms with Gasteiger partial charge in [-0.25, -0.2) is 0 Å². The van der Waals surface area contributed by atoms with Crippen molar-refractivity contribution in [1.29, 1.82) is 0 Å². The van der Waals surface area contributed by atoms with Gasteiger partial charge in [0.05, 0.1) is 16.8 Å². The molecule has 0 amide bonds. The van der Waals surface area contributed by atoms with Crippen LogP contribution in [0.15, 0.2) is 52.4 Å². The van der Waals surface area contributed by atoms with Crippen LogP contribution in [0.25, 0.3) is 16.3 Å². The van der Waals surface area contributed by atoms with Crippen LogP contribution in [0.1, 0.15) is 25.8 Å². The molecule has 0 saturated carbocycles. The summed E-state index contributed by atoms with van der Waals surface area (Å²) in [6, 6.07) is 15.5. The third-order valence-electron chi connectivity index (χ3n) is 5.18. The first kappa shape index (κ1) is 21.5. The number of hydrogen-bond donors (Lipinski definition) is 0. The zero-order valence-corrected chi connectivity index (χ0v) is 20.6. The van der Waals surface area contributed by atoms with E-state index in [0.717, 1.165) is 19.6 Å². The monoisotopic (exact) mass is 523 g/mol. The Kier molecular flexibility index (Phi) is 6.94. The average Bonchev–Trinajstić information content (AvgIpc) is 3.20. The molecule has 0 radical (unpaired) electrons. The summed E-state index contributed by atoms with van der Waals surface area (Å²) in [6.07, 6.45) is 2.34. The highest BCUT2D eigenvalue weighted by Gasteiger charge is 2.26. The molecule has 3 aromatic rings. The quantitative estimate of drug-likeness (QED) is 0.376. The first-order valence-corrected chi connectivity index (χ1v) is 11.2. The Morgan fingerprint density at radius 2 is 1.82 bits per heavy atom. The fraction of sp³-hybridized carbons (Fsp3) is 0.318. The highest BCUT2D eigenvalue weighted by molar-refractivity contribution is 8.03. The molecule has 2 aromatic carbocycles. The number of benzene rings is 2. The Bertz CT molecular complexity index is 1010. The highest BCUT2D eigenvalue weighted by Crippen LogP contribution is 2.48. The number of rotatable bonds is 5. The molecule has 2 heterocycles. The molecule has 0 saturated heterocycles. The maximum atomic E-state index is 2.43. The number of thioether (sulfide) groups is 1. The van der Waals surface area contributed by atoms with Crippen molar-refractivity contribution in [1.82, 2.24) is 0 Å². The summed E-state index contributed by atoms with van der Waals surface area (Å²) in [6.45, 7) is 9.72. The number of halogens is 1. The molecular weight excluding hydrogens is 497 g/mol. The maximum Gasteiger partial charge on any atom is 0.265 e. The first-order valence-electron chi connectivity index (χ1n) is 9.59. The molecule has 0 fully saturated rings. The minimum Gasteiger partial charge on any atom is -1.00 e. The topological polar surface area (TPSA) is 10.4 Å². The number of fused-ring (bicyclic) bond motifs is 2. The fourth-order valence-electron chi connectivity index (χ4n) is 3.67. The number of thiazole rings is 1. The molecule has 148 valence electrons. The predicted molar refractivity (Wildman–Crippen MR) is 120 cm³/mol. The summed E-state index contributed by atoms with van der Waals surface area (Å²) < 4.78 is 3.63. The van der Waals surface area contributed by atoms with Crippen molar-refractivity contribution in [2.24, 2.45) is 7.05 Å². The van der Waals surface area contributed by atoms with Crippen LogP contribution in [-0.2, 0) is 7.05 Å².